The molecule has 2 heterocycles. The first-order valence-corrected chi connectivity index (χ1v) is 17.8. The second-order valence-corrected chi connectivity index (χ2v) is 13.4. The Bertz CT molecular complexity index is 2230. The third-order valence-electron chi connectivity index (χ3n) is 9.76. The number of hydrogen-bond donors (Lipinski definition) is 1. The third kappa shape index (κ3) is 7.70. The van der Waals surface area contributed by atoms with Crippen LogP contribution in [0.2, 0.25) is 0 Å². The van der Waals surface area contributed by atoms with E-state index in [0.717, 1.165) is 17.2 Å². The van der Waals surface area contributed by atoms with Gasteiger partial charge in [-0.05, 0) is 60.0 Å². The van der Waals surface area contributed by atoms with Crippen molar-refractivity contribution in [2.24, 2.45) is 9.98 Å². The number of benzene rings is 5. The lowest BCUT2D eigenvalue weighted by Gasteiger charge is -2.42. The van der Waals surface area contributed by atoms with Gasteiger partial charge in [0, 0.05) is 17.5 Å². The fourth-order valence-corrected chi connectivity index (χ4v) is 6.94. The molecular weight excluding hydrogens is 721 g/mol. The maximum absolute atomic E-state index is 16.1. The minimum atomic E-state index is -4.85. The van der Waals surface area contributed by atoms with Crippen molar-refractivity contribution in [3.63, 3.8) is 0 Å². The van der Waals surface area contributed by atoms with Crippen LogP contribution < -0.4 is 14.8 Å². The van der Waals surface area contributed by atoms with Crippen LogP contribution in [0.4, 0.5) is 23.4 Å². The lowest BCUT2D eigenvalue weighted by atomic mass is 9.77. The number of rotatable bonds is 10. The van der Waals surface area contributed by atoms with Gasteiger partial charge < -0.3 is 19.5 Å². The van der Waals surface area contributed by atoms with Crippen LogP contribution in [-0.2, 0) is 15.8 Å². The van der Waals surface area contributed by atoms with E-state index in [-0.39, 0.29) is 11.5 Å². The second kappa shape index (κ2) is 15.7. The molecule has 0 fully saturated rings. The molecule has 7 nitrogen and oxygen atoms in total. The highest BCUT2D eigenvalue weighted by molar-refractivity contribution is 6.13. The normalized spacial score (nSPS) is 16.9. The molecule has 1 aliphatic heterocycles. The fourth-order valence-electron chi connectivity index (χ4n) is 6.94. The Morgan fingerprint density at radius 2 is 1.18 bits per heavy atom. The Hall–Kier alpha value is -6.49. The number of amidine groups is 1. The average Bonchev–Trinajstić information content (AvgIpc) is 3.23. The fraction of sp³-hybridized carbons (Fsp3) is 0.178. The summed E-state index contributed by atoms with van der Waals surface area (Å²) >= 11 is 0. The van der Waals surface area contributed by atoms with Crippen molar-refractivity contribution in [1.82, 2.24) is 10.3 Å². The predicted octanol–water partition coefficient (Wildman–Crippen LogP) is 9.91. The molecule has 1 N–H and O–H groups in total. The molecule has 0 radical (unpaired) electrons. The average molecular weight is 759 g/mol. The van der Waals surface area contributed by atoms with E-state index in [4.69, 9.17) is 24.2 Å². The van der Waals surface area contributed by atoms with Crippen LogP contribution in [0.5, 0.6) is 11.5 Å². The summed E-state index contributed by atoms with van der Waals surface area (Å²) < 4.78 is 77.3. The highest BCUT2D eigenvalue weighted by Gasteiger charge is 2.52. The first kappa shape index (κ1) is 37.8. The topological polar surface area (TPSA) is 77.3 Å². The zero-order chi connectivity index (χ0) is 39.3. The van der Waals surface area contributed by atoms with Gasteiger partial charge in [-0.2, -0.15) is 13.2 Å². The molecule has 5 aromatic carbocycles. The van der Waals surface area contributed by atoms with E-state index in [2.05, 4.69) is 10.3 Å². The van der Waals surface area contributed by atoms with Gasteiger partial charge in [-0.3, -0.25) is 0 Å². The lowest BCUT2D eigenvalue weighted by Crippen LogP contribution is -2.54. The minimum Gasteiger partial charge on any atom is -0.497 e. The highest BCUT2D eigenvalue weighted by Crippen LogP contribution is 2.43. The molecule has 1 aliphatic rings. The van der Waals surface area contributed by atoms with Crippen LogP contribution in [-0.4, -0.2) is 43.2 Å². The molecule has 0 bridgehead atoms. The van der Waals surface area contributed by atoms with Gasteiger partial charge in [-0.1, -0.05) is 115 Å². The van der Waals surface area contributed by atoms with Gasteiger partial charge in [0.05, 0.1) is 19.9 Å². The summed E-state index contributed by atoms with van der Waals surface area (Å²) in [6.07, 6.45) is -7.96. The molecule has 0 spiro atoms. The van der Waals surface area contributed by atoms with Crippen molar-refractivity contribution in [3.05, 3.63) is 191 Å². The molecular formula is C45H38F4N4O3. The first-order chi connectivity index (χ1) is 27.0. The summed E-state index contributed by atoms with van der Waals surface area (Å²) in [4.78, 5) is 14.1. The molecule has 1 aromatic heterocycles. The molecule has 0 aliphatic carbocycles. The molecule has 2 unspecified atom stereocenters. The number of nitrogens with zero attached hydrogens (tertiary/aromatic N) is 3. The molecule has 0 amide bonds. The van der Waals surface area contributed by atoms with Crippen LogP contribution >= 0.6 is 0 Å². The van der Waals surface area contributed by atoms with Gasteiger partial charge in [0.15, 0.2) is 11.9 Å². The molecule has 0 saturated heterocycles. The van der Waals surface area contributed by atoms with Crippen molar-refractivity contribution in [2.45, 2.75) is 36.7 Å². The molecule has 2 atom stereocenters. The van der Waals surface area contributed by atoms with Gasteiger partial charge >= 0.3 is 6.18 Å². The molecule has 6 aromatic rings. The number of hydrogen-bond acceptors (Lipinski definition) is 7. The van der Waals surface area contributed by atoms with Gasteiger partial charge in [0.2, 0.25) is 0 Å². The van der Waals surface area contributed by atoms with Crippen molar-refractivity contribution >= 4 is 17.6 Å². The minimum absolute atomic E-state index is 0.0974. The van der Waals surface area contributed by atoms with Gasteiger partial charge in [-0.25, -0.2) is 19.4 Å². The SMILES string of the molecule is COc1ccc(C(NC2=NC(C)(c3nc(N=C(c4ccccc4)c4ccccc4)ccc3F)CC(C(F)(F)F)O2)(c2ccccc2)c2ccc(OC)cc2)cc1. The monoisotopic (exact) mass is 758 g/mol. The Morgan fingerprint density at radius 1 is 0.696 bits per heavy atom. The van der Waals surface area contributed by atoms with E-state index in [1.165, 1.54) is 13.0 Å². The summed E-state index contributed by atoms with van der Waals surface area (Å²) in [5, 5.41) is 3.30. The summed E-state index contributed by atoms with van der Waals surface area (Å²) in [6.45, 7) is 1.43. The number of methoxy groups -OCH3 is 2. The smallest absolute Gasteiger partial charge is 0.425 e. The molecule has 7 rings (SSSR count). The van der Waals surface area contributed by atoms with Gasteiger partial charge in [0.1, 0.15) is 34.1 Å². The summed E-state index contributed by atoms with van der Waals surface area (Å²) in [7, 11) is 3.09. The van der Waals surface area contributed by atoms with E-state index >= 15 is 4.39 Å². The predicted molar refractivity (Wildman–Crippen MR) is 208 cm³/mol. The van der Waals surface area contributed by atoms with Gasteiger partial charge in [0.25, 0.3) is 6.02 Å². The molecule has 284 valence electrons. The molecule has 11 heteroatoms. The van der Waals surface area contributed by atoms with Crippen molar-refractivity contribution in [3.8, 4) is 11.5 Å². The standard InChI is InChI=1S/C45H38F4N4O3/c1-43(41-37(46)27-28-39(51-41)50-40(30-13-7-4-8-14-30)31-15-9-5-10-16-31)29-38(45(47,48)49)56-42(52-43)53-44(32-17-11-6-12-18-32,33-19-23-35(54-2)24-20-33)34-21-25-36(55-3)26-22-34/h4-28,38H,29H2,1-3H3,(H,52,53). The van der Waals surface area contributed by atoms with E-state index in [9.17, 15) is 13.2 Å². The zero-order valence-electron chi connectivity index (χ0n) is 30.8. The number of aliphatic imine (C=N–C) groups is 2. The van der Waals surface area contributed by atoms with E-state index in [1.54, 1.807) is 38.5 Å². The van der Waals surface area contributed by atoms with Crippen LogP contribution in [0.3, 0.4) is 0 Å². The number of alkyl halides is 3. The number of ether oxygens (including phenoxy) is 3. The summed E-state index contributed by atoms with van der Waals surface area (Å²) in [6, 6.07) is 44.4. The van der Waals surface area contributed by atoms with E-state index < -0.39 is 41.6 Å². The maximum Gasteiger partial charge on any atom is 0.425 e. The maximum atomic E-state index is 16.1. The third-order valence-corrected chi connectivity index (χ3v) is 9.76. The molecule has 56 heavy (non-hydrogen) atoms. The number of nitrogens with one attached hydrogen (secondary N) is 1. The first-order valence-electron chi connectivity index (χ1n) is 17.8. The van der Waals surface area contributed by atoms with Gasteiger partial charge in [-0.15, -0.1) is 0 Å². The zero-order valence-corrected chi connectivity index (χ0v) is 30.8. The number of aromatic nitrogens is 1. The van der Waals surface area contributed by atoms with E-state index in [1.807, 2.05) is 115 Å². The van der Waals surface area contributed by atoms with E-state index in [0.29, 0.717) is 33.9 Å². The second-order valence-electron chi connectivity index (χ2n) is 13.4. The van der Waals surface area contributed by atoms with Crippen LogP contribution in [0.25, 0.3) is 0 Å². The van der Waals surface area contributed by atoms with Crippen LogP contribution in [0, 0.1) is 5.82 Å². The van der Waals surface area contributed by atoms with Crippen LogP contribution in [0.15, 0.2) is 162 Å². The highest BCUT2D eigenvalue weighted by atomic mass is 19.4. The van der Waals surface area contributed by atoms with Crippen molar-refractivity contribution < 1.29 is 31.8 Å². The van der Waals surface area contributed by atoms with Crippen molar-refractivity contribution in [1.29, 1.82) is 0 Å². The Balaban J connectivity index is 1.41. The van der Waals surface area contributed by atoms with Crippen LogP contribution in [0.1, 0.15) is 46.9 Å². The molecule has 0 saturated carbocycles. The Morgan fingerprint density at radius 3 is 1.66 bits per heavy atom. The quantitative estimate of drug-likeness (QED) is 0.0856. The number of pyridine rings is 1. The Kier molecular flexibility index (Phi) is 10.6. The summed E-state index contributed by atoms with van der Waals surface area (Å²) in [5.74, 6) is 0.416. The largest absolute Gasteiger partial charge is 0.497 e. The lowest BCUT2D eigenvalue weighted by molar-refractivity contribution is -0.209. The Labute approximate surface area is 322 Å². The van der Waals surface area contributed by atoms with Crippen molar-refractivity contribution in [2.75, 3.05) is 14.2 Å². The summed E-state index contributed by atoms with van der Waals surface area (Å²) in [5.41, 5.74) is 0.476. The number of halogens is 4.